The summed E-state index contributed by atoms with van der Waals surface area (Å²) >= 11 is 1.73. The van der Waals surface area contributed by atoms with Crippen LogP contribution in [0.5, 0.6) is 11.5 Å². The quantitative estimate of drug-likeness (QED) is 0.397. The molecule has 1 aliphatic heterocycles. The zero-order valence-corrected chi connectivity index (χ0v) is 21.8. The fourth-order valence-electron chi connectivity index (χ4n) is 4.18. The van der Waals surface area contributed by atoms with Gasteiger partial charge in [0, 0.05) is 31.1 Å². The van der Waals surface area contributed by atoms with E-state index in [1.165, 1.54) is 4.88 Å². The van der Waals surface area contributed by atoms with Crippen LogP contribution in [0.1, 0.15) is 30.3 Å². The van der Waals surface area contributed by atoms with Crippen molar-refractivity contribution in [2.24, 2.45) is 5.92 Å². The van der Waals surface area contributed by atoms with Gasteiger partial charge in [-0.2, -0.15) is 0 Å². The Kier molecular flexibility index (Phi) is 10.6. The molecule has 0 bridgehead atoms. The number of ether oxygens (including phenoxy) is 3. The van der Waals surface area contributed by atoms with Gasteiger partial charge in [-0.1, -0.05) is 19.9 Å². The molecule has 0 fully saturated rings. The molecule has 2 atom stereocenters. The van der Waals surface area contributed by atoms with Crippen molar-refractivity contribution in [1.82, 2.24) is 9.80 Å². The third-order valence-electron chi connectivity index (χ3n) is 5.86. The zero-order valence-electron chi connectivity index (χ0n) is 21.0. The molecular weight excluding hydrogens is 464 g/mol. The highest BCUT2D eigenvalue weighted by Gasteiger charge is 2.33. The summed E-state index contributed by atoms with van der Waals surface area (Å²) in [5.74, 6) is 1.93. The highest BCUT2D eigenvalue weighted by molar-refractivity contribution is 7.10. The molecule has 7 nitrogen and oxygen atoms in total. The Morgan fingerprint density at radius 3 is 2.69 bits per heavy atom. The maximum atomic E-state index is 13.5. The minimum absolute atomic E-state index is 0.0160. The normalized spacial score (nSPS) is 16.3. The van der Waals surface area contributed by atoms with Crippen LogP contribution in [-0.2, 0) is 16.0 Å². The summed E-state index contributed by atoms with van der Waals surface area (Å²) in [6, 6.07) is 9.40. The van der Waals surface area contributed by atoms with E-state index in [2.05, 4.69) is 31.9 Å². The first-order valence-corrected chi connectivity index (χ1v) is 13.0. The van der Waals surface area contributed by atoms with Gasteiger partial charge in [-0.05, 0) is 53.6 Å². The second-order valence-corrected chi connectivity index (χ2v) is 10.2. The van der Waals surface area contributed by atoms with E-state index in [0.29, 0.717) is 38.8 Å². The number of hydrogen-bond acceptors (Lipinski definition) is 7. The maximum Gasteiger partial charge on any atom is 0.237 e. The lowest BCUT2D eigenvalue weighted by Crippen LogP contribution is -2.48. The first-order valence-electron chi connectivity index (χ1n) is 12.1. The summed E-state index contributed by atoms with van der Waals surface area (Å²) in [6.45, 7) is 10.9. The molecule has 0 saturated heterocycles. The van der Waals surface area contributed by atoms with Crippen LogP contribution in [-0.4, -0.2) is 80.0 Å². The van der Waals surface area contributed by atoms with Crippen molar-refractivity contribution in [2.45, 2.75) is 32.4 Å². The molecule has 0 aliphatic carbocycles. The van der Waals surface area contributed by atoms with Crippen LogP contribution >= 0.6 is 11.3 Å². The van der Waals surface area contributed by atoms with E-state index in [1.807, 2.05) is 34.1 Å². The van der Waals surface area contributed by atoms with Gasteiger partial charge < -0.3 is 24.2 Å². The van der Waals surface area contributed by atoms with Gasteiger partial charge in [0.15, 0.2) is 0 Å². The van der Waals surface area contributed by atoms with E-state index >= 15 is 0 Å². The molecule has 1 amide bonds. The van der Waals surface area contributed by atoms with Crippen molar-refractivity contribution in [3.05, 3.63) is 58.8 Å². The Morgan fingerprint density at radius 1 is 1.26 bits per heavy atom. The monoisotopic (exact) mass is 502 g/mol. The van der Waals surface area contributed by atoms with Gasteiger partial charge in [-0.25, -0.2) is 0 Å². The molecule has 8 heteroatoms. The van der Waals surface area contributed by atoms with E-state index in [9.17, 15) is 9.90 Å². The van der Waals surface area contributed by atoms with Crippen LogP contribution in [0.2, 0.25) is 0 Å². The number of hydrogen-bond donors (Lipinski definition) is 1. The molecule has 0 saturated carbocycles. The average molecular weight is 503 g/mol. The first-order chi connectivity index (χ1) is 16.9. The number of methoxy groups -OCH3 is 1. The predicted octanol–water partition coefficient (Wildman–Crippen LogP) is 3.78. The molecule has 192 valence electrons. The van der Waals surface area contributed by atoms with Gasteiger partial charge >= 0.3 is 0 Å². The standard InChI is InChI=1S/C27H38N2O5S/c1-5-12-28(15-21(30)18-33-17-20(2)3)16-27(31)29-13-10-26-24(11-14-35-26)25(29)19-34-23-8-6-22(32-4)7-9-23/h5-9,11,14,20-21,25,30H,1,10,12-13,15-19H2,2-4H3/t21-,25+/m1/s1. The van der Waals surface area contributed by atoms with Crippen LogP contribution in [0.3, 0.4) is 0 Å². The van der Waals surface area contributed by atoms with Crippen molar-refractivity contribution in [2.75, 3.05) is 53.1 Å². The SMILES string of the molecule is C=CCN(CC(=O)N1CCc2sccc2[C@@H]1COc1ccc(OC)cc1)C[C@@H](O)COCC(C)C. The smallest absolute Gasteiger partial charge is 0.237 e. The lowest BCUT2D eigenvalue weighted by Gasteiger charge is -2.37. The summed E-state index contributed by atoms with van der Waals surface area (Å²) in [7, 11) is 1.63. The Morgan fingerprint density at radius 2 is 2.00 bits per heavy atom. The van der Waals surface area contributed by atoms with Crippen molar-refractivity contribution in [3.63, 3.8) is 0 Å². The molecule has 1 N–H and O–H groups in total. The Labute approximate surface area is 212 Å². The predicted molar refractivity (Wildman–Crippen MR) is 139 cm³/mol. The second kappa shape index (κ2) is 13.6. The molecule has 35 heavy (non-hydrogen) atoms. The first kappa shape index (κ1) is 27.2. The van der Waals surface area contributed by atoms with Crippen molar-refractivity contribution in [3.8, 4) is 11.5 Å². The molecule has 1 aromatic carbocycles. The Bertz CT molecular complexity index is 930. The number of carbonyl (C=O) groups is 1. The van der Waals surface area contributed by atoms with Gasteiger partial charge in [0.05, 0.1) is 32.4 Å². The molecule has 0 radical (unpaired) electrons. The van der Waals surface area contributed by atoms with E-state index in [1.54, 1.807) is 24.5 Å². The molecular formula is C27H38N2O5S. The van der Waals surface area contributed by atoms with E-state index in [4.69, 9.17) is 14.2 Å². The van der Waals surface area contributed by atoms with Crippen LogP contribution in [0.4, 0.5) is 0 Å². The zero-order chi connectivity index (χ0) is 25.2. The van der Waals surface area contributed by atoms with Gasteiger partial charge in [0.25, 0.3) is 0 Å². The molecule has 2 aromatic rings. The molecule has 0 spiro atoms. The van der Waals surface area contributed by atoms with Crippen molar-refractivity contribution in [1.29, 1.82) is 0 Å². The van der Waals surface area contributed by atoms with Gasteiger partial charge in [0.2, 0.25) is 5.91 Å². The number of fused-ring (bicyclic) bond motifs is 1. The van der Waals surface area contributed by atoms with Crippen LogP contribution < -0.4 is 9.47 Å². The third kappa shape index (κ3) is 8.07. The van der Waals surface area contributed by atoms with Gasteiger partial charge in [-0.3, -0.25) is 9.69 Å². The number of nitrogens with zero attached hydrogens (tertiary/aromatic N) is 2. The molecule has 1 aromatic heterocycles. The second-order valence-electron chi connectivity index (χ2n) is 9.21. The lowest BCUT2D eigenvalue weighted by atomic mass is 10.0. The average Bonchev–Trinajstić information content (AvgIpc) is 3.32. The minimum Gasteiger partial charge on any atom is -0.497 e. The van der Waals surface area contributed by atoms with E-state index < -0.39 is 6.10 Å². The fourth-order valence-corrected chi connectivity index (χ4v) is 5.11. The summed E-state index contributed by atoms with van der Waals surface area (Å²) in [5.41, 5.74) is 1.15. The molecule has 1 aliphatic rings. The number of rotatable bonds is 14. The number of carbonyl (C=O) groups excluding carboxylic acids is 1. The van der Waals surface area contributed by atoms with Gasteiger partial charge in [-0.15, -0.1) is 17.9 Å². The van der Waals surface area contributed by atoms with Crippen LogP contribution in [0.15, 0.2) is 48.4 Å². The van der Waals surface area contributed by atoms with Gasteiger partial charge in [0.1, 0.15) is 18.1 Å². The van der Waals surface area contributed by atoms with Crippen LogP contribution in [0, 0.1) is 5.92 Å². The Balaban J connectivity index is 1.64. The summed E-state index contributed by atoms with van der Waals surface area (Å²) in [4.78, 5) is 18.6. The number of thiophene rings is 1. The van der Waals surface area contributed by atoms with Crippen molar-refractivity contribution < 1.29 is 24.1 Å². The highest BCUT2D eigenvalue weighted by atomic mass is 32.1. The third-order valence-corrected chi connectivity index (χ3v) is 6.86. The maximum absolute atomic E-state index is 13.5. The lowest BCUT2D eigenvalue weighted by molar-refractivity contribution is -0.136. The van der Waals surface area contributed by atoms with E-state index in [-0.39, 0.29) is 25.1 Å². The largest absolute Gasteiger partial charge is 0.497 e. The fraction of sp³-hybridized carbons (Fsp3) is 0.519. The molecule has 3 rings (SSSR count). The van der Waals surface area contributed by atoms with Crippen molar-refractivity contribution >= 4 is 17.2 Å². The number of aliphatic hydroxyl groups is 1. The number of aliphatic hydroxyl groups excluding tert-OH is 1. The van der Waals surface area contributed by atoms with Crippen LogP contribution in [0.25, 0.3) is 0 Å². The summed E-state index contributed by atoms with van der Waals surface area (Å²) in [5, 5.41) is 12.5. The van der Waals surface area contributed by atoms with E-state index in [0.717, 1.165) is 23.5 Å². The Hall–Kier alpha value is -2.39. The topological polar surface area (TPSA) is 71.5 Å². The minimum atomic E-state index is -0.666. The highest BCUT2D eigenvalue weighted by Crippen LogP contribution is 2.34. The molecule has 2 heterocycles. The summed E-state index contributed by atoms with van der Waals surface area (Å²) < 4.78 is 16.9. The summed E-state index contributed by atoms with van der Waals surface area (Å²) in [6.07, 6.45) is 1.93. The number of benzene rings is 1. The molecule has 0 unspecified atom stereocenters. The number of amides is 1.